The molecule has 3 N–H and O–H groups in total. The van der Waals surface area contributed by atoms with Gasteiger partial charge in [-0.15, -0.1) is 0 Å². The number of halogens is 5. The Bertz CT molecular complexity index is 1800. The van der Waals surface area contributed by atoms with Crippen molar-refractivity contribution < 1.29 is 36.5 Å². The van der Waals surface area contributed by atoms with Crippen LogP contribution in [-0.2, 0) is 10.9 Å². The molecule has 4 aromatic rings. The molecular weight excluding hydrogens is 619 g/mol. The number of nitrogens with two attached hydrogens (primary N) is 1. The first-order valence-electron chi connectivity index (χ1n) is 14.7. The molecule has 15 heteroatoms. The van der Waals surface area contributed by atoms with Crippen LogP contribution in [0.4, 0.5) is 32.9 Å². The smallest absolute Gasteiger partial charge is 0.417 e. The number of rotatable bonds is 7. The monoisotopic (exact) mass is 650 g/mol. The van der Waals surface area contributed by atoms with Crippen LogP contribution in [0.1, 0.15) is 37.7 Å². The van der Waals surface area contributed by atoms with Crippen LogP contribution in [0.3, 0.4) is 0 Å². The molecule has 7 rings (SSSR count). The molecular formula is C30H31F5N6O3S. The zero-order valence-electron chi connectivity index (χ0n) is 24.5. The summed E-state index contributed by atoms with van der Waals surface area (Å²) in [6.07, 6.45) is -2.21. The van der Waals surface area contributed by atoms with Gasteiger partial charge in [0.1, 0.15) is 23.8 Å². The second-order valence-electron chi connectivity index (χ2n) is 12.2. The molecule has 0 radical (unpaired) electrons. The molecule has 3 fully saturated rings. The number of nitrogen functional groups attached to an aromatic ring is 1. The highest BCUT2D eigenvalue weighted by Gasteiger charge is 2.49. The van der Waals surface area contributed by atoms with E-state index in [0.717, 1.165) is 61.9 Å². The normalized spacial score (nSPS) is 25.2. The van der Waals surface area contributed by atoms with Crippen LogP contribution in [0.5, 0.6) is 6.01 Å². The molecule has 2 aromatic heterocycles. The predicted molar refractivity (Wildman–Crippen MR) is 159 cm³/mol. The number of anilines is 2. The van der Waals surface area contributed by atoms with Crippen molar-refractivity contribution >= 4 is 43.4 Å². The molecule has 1 saturated carbocycles. The van der Waals surface area contributed by atoms with E-state index in [2.05, 4.69) is 19.9 Å². The first kappa shape index (κ1) is 30.3. The Hall–Kier alpha value is -3.40. The average molecular weight is 651 g/mol. The summed E-state index contributed by atoms with van der Waals surface area (Å²) in [7, 11) is 3.30. The van der Waals surface area contributed by atoms with E-state index in [1.54, 1.807) is 19.1 Å². The maximum atomic E-state index is 16.7. The van der Waals surface area contributed by atoms with Crippen molar-refractivity contribution in [3.63, 3.8) is 0 Å². The number of ether oxygens (including phenoxy) is 2. The number of fused-ring (bicyclic) bond motifs is 3. The van der Waals surface area contributed by atoms with E-state index >= 15 is 4.39 Å². The highest BCUT2D eigenvalue weighted by atomic mass is 32.1. The summed E-state index contributed by atoms with van der Waals surface area (Å²) in [6.45, 7) is 1.82. The van der Waals surface area contributed by atoms with Crippen molar-refractivity contribution in [3.05, 3.63) is 35.4 Å². The fourth-order valence-electron chi connectivity index (χ4n) is 7.08. The number of nitrogens with zero attached hydrogens (tertiary/aromatic N) is 5. The van der Waals surface area contributed by atoms with Crippen molar-refractivity contribution in [2.45, 2.75) is 62.1 Å². The van der Waals surface area contributed by atoms with Gasteiger partial charge < -0.3 is 25.2 Å². The maximum absolute atomic E-state index is 16.7. The Labute approximate surface area is 258 Å². The zero-order valence-corrected chi connectivity index (χ0v) is 25.3. The number of aromatic nitrogens is 3. The molecule has 2 atom stereocenters. The van der Waals surface area contributed by atoms with E-state index in [-0.39, 0.29) is 67.9 Å². The number of thiazole rings is 1. The van der Waals surface area contributed by atoms with Crippen molar-refractivity contribution in [2.24, 2.45) is 0 Å². The van der Waals surface area contributed by atoms with Crippen molar-refractivity contribution in [1.82, 2.24) is 19.9 Å². The summed E-state index contributed by atoms with van der Waals surface area (Å²) in [5, 5.41) is 9.69. The van der Waals surface area contributed by atoms with Crippen LogP contribution in [0, 0.1) is 11.6 Å². The summed E-state index contributed by atoms with van der Waals surface area (Å²) < 4.78 is 87.1. The van der Waals surface area contributed by atoms with Gasteiger partial charge in [0.25, 0.3) is 0 Å². The topological polar surface area (TPSA) is 110 Å². The van der Waals surface area contributed by atoms with E-state index in [1.807, 2.05) is 0 Å². The van der Waals surface area contributed by atoms with Crippen LogP contribution in [-0.4, -0.2) is 82.6 Å². The quantitative estimate of drug-likeness (QED) is 0.255. The fourth-order valence-corrected chi connectivity index (χ4v) is 7.84. The van der Waals surface area contributed by atoms with Crippen molar-refractivity contribution in [1.29, 1.82) is 0 Å². The Morgan fingerprint density at radius 1 is 1.18 bits per heavy atom. The minimum atomic E-state index is -5.00. The van der Waals surface area contributed by atoms with E-state index in [4.69, 9.17) is 15.2 Å². The van der Waals surface area contributed by atoms with Gasteiger partial charge in [-0.25, -0.2) is 13.8 Å². The van der Waals surface area contributed by atoms with Gasteiger partial charge in [-0.1, -0.05) is 11.3 Å². The molecule has 2 aliphatic heterocycles. The third-order valence-corrected chi connectivity index (χ3v) is 10.4. The number of methoxy groups -OCH3 is 1. The van der Waals surface area contributed by atoms with Gasteiger partial charge in [0, 0.05) is 43.3 Å². The molecule has 0 unspecified atom stereocenters. The number of alkyl halides is 3. The third-order valence-electron chi connectivity index (χ3n) is 9.52. The largest absolute Gasteiger partial charge is 0.461 e. The average Bonchev–Trinajstić information content (AvgIpc) is 3.66. The minimum Gasteiger partial charge on any atom is -0.461 e. The number of hydrogen-bond donors (Lipinski definition) is 2. The molecule has 9 nitrogen and oxygen atoms in total. The highest BCUT2D eigenvalue weighted by molar-refractivity contribution is 7.22. The molecule has 1 aliphatic carbocycles. The summed E-state index contributed by atoms with van der Waals surface area (Å²) >= 11 is 0.761. The van der Waals surface area contributed by atoms with Crippen LogP contribution in [0.15, 0.2) is 18.2 Å². The van der Waals surface area contributed by atoms with Crippen LogP contribution in [0.25, 0.3) is 32.2 Å². The van der Waals surface area contributed by atoms with E-state index in [1.165, 1.54) is 0 Å². The van der Waals surface area contributed by atoms with E-state index in [9.17, 15) is 22.7 Å². The van der Waals surface area contributed by atoms with Crippen LogP contribution < -0.4 is 15.4 Å². The lowest BCUT2D eigenvalue weighted by Gasteiger charge is -2.39. The molecule has 0 amide bonds. The Kier molecular flexibility index (Phi) is 7.30. The lowest BCUT2D eigenvalue weighted by atomic mass is 9.88. The van der Waals surface area contributed by atoms with Crippen molar-refractivity contribution in [3.8, 4) is 17.1 Å². The van der Waals surface area contributed by atoms with Gasteiger partial charge in [0.15, 0.2) is 10.9 Å². The molecule has 2 aromatic carbocycles. The Balaban J connectivity index is 1.40. The summed E-state index contributed by atoms with van der Waals surface area (Å²) in [6, 6.07) is 2.44. The number of aliphatic hydroxyl groups is 1. The zero-order chi connectivity index (χ0) is 31.8. The van der Waals surface area contributed by atoms with Crippen LogP contribution in [0.2, 0.25) is 0 Å². The fraction of sp³-hybridized carbons (Fsp3) is 0.500. The number of benzene rings is 2. The van der Waals surface area contributed by atoms with E-state index in [0.29, 0.717) is 12.8 Å². The maximum Gasteiger partial charge on any atom is 0.417 e. The highest BCUT2D eigenvalue weighted by Crippen LogP contribution is 2.47. The third kappa shape index (κ3) is 5.04. The van der Waals surface area contributed by atoms with Crippen molar-refractivity contribution in [2.75, 3.05) is 44.5 Å². The molecule has 0 spiro atoms. The molecule has 240 valence electrons. The van der Waals surface area contributed by atoms with Crippen LogP contribution >= 0.6 is 11.3 Å². The molecule has 4 heterocycles. The lowest BCUT2D eigenvalue weighted by Crippen LogP contribution is -2.46. The molecule has 45 heavy (non-hydrogen) atoms. The second-order valence-corrected chi connectivity index (χ2v) is 13.2. The standard InChI is InChI=1S/C30H31F5N6O3S/c1-40(14-8-15(42)9-14)26-18-10-19(30(33,34)35)21(17-4-5-20(31)25-24(17)37-27(36)45-25)22(32)23(18)38-28(39-26)44-13-29-6-3-7-41(29)12-16(11-29)43-2/h4-5,10,14-16,42H,3,6-9,11-13H2,1-2H3,(H2,36,37)/t14?,15?,16-,29-/m1/s1. The first-order chi connectivity index (χ1) is 21.4. The van der Waals surface area contributed by atoms with Gasteiger partial charge in [-0.2, -0.15) is 23.1 Å². The van der Waals surface area contributed by atoms with Gasteiger partial charge in [-0.05, 0) is 56.8 Å². The van der Waals surface area contributed by atoms with Gasteiger partial charge >= 0.3 is 12.2 Å². The molecule has 0 bridgehead atoms. The number of aliphatic hydroxyl groups excluding tert-OH is 1. The SMILES string of the molecule is CO[C@H]1CN2CCC[C@]2(COc2nc(N(C)C3CC(O)C3)c3cc(C(F)(F)F)c(-c4ccc(F)c5sc(N)nc45)c(F)c3n2)C1. The summed E-state index contributed by atoms with van der Waals surface area (Å²) in [4.78, 5) is 16.8. The Morgan fingerprint density at radius 2 is 1.96 bits per heavy atom. The minimum absolute atomic E-state index is 0.0336. The van der Waals surface area contributed by atoms with Gasteiger partial charge in [-0.3, -0.25) is 4.90 Å². The van der Waals surface area contributed by atoms with Gasteiger partial charge in [0.05, 0.1) is 33.5 Å². The second kappa shape index (κ2) is 10.9. The molecule has 2 saturated heterocycles. The summed E-state index contributed by atoms with van der Waals surface area (Å²) in [5.41, 5.74) is 2.53. The van der Waals surface area contributed by atoms with Gasteiger partial charge in [0.2, 0.25) is 0 Å². The Morgan fingerprint density at radius 3 is 2.67 bits per heavy atom. The first-order valence-corrected chi connectivity index (χ1v) is 15.5. The molecule has 3 aliphatic rings. The predicted octanol–water partition coefficient (Wildman–Crippen LogP) is 5.38. The number of hydrogen-bond acceptors (Lipinski definition) is 10. The lowest BCUT2D eigenvalue weighted by molar-refractivity contribution is -0.137. The summed E-state index contributed by atoms with van der Waals surface area (Å²) in [5.74, 6) is -1.95. The van der Waals surface area contributed by atoms with E-state index < -0.39 is 35.0 Å².